The number of rotatable bonds is 7. The Balaban J connectivity index is 1.37. The number of aliphatic imine (C=N–C) groups is 2. The Morgan fingerprint density at radius 1 is 1.05 bits per heavy atom. The third kappa shape index (κ3) is 7.33. The third-order valence-electron chi connectivity index (χ3n) is 5.01. The Morgan fingerprint density at radius 2 is 1.79 bits per heavy atom. The highest BCUT2D eigenvalue weighted by Gasteiger charge is 2.31. The molecule has 1 saturated heterocycles. The van der Waals surface area contributed by atoms with Crippen molar-refractivity contribution in [1.82, 2.24) is 0 Å². The number of nitrogens with two attached hydrogens (primary N) is 1. The molecule has 0 saturated carbocycles. The molecule has 0 radical (unpaired) electrons. The standard InChI is InChI=1S/C25H19ClF4N6OS/c26-20-2-1-3-21(27)22(20)36-12-13-38-24(36)35-34-14-16-4-6-17(7-5-16)23(31)33-15-32-18-8-10-19(11-9-18)37-25(28,29)30/h1-11,14-15H,12-13H2,(H2,31,32,33)/b34-14+,35-24-. The Labute approximate surface area is 224 Å². The van der Waals surface area contributed by atoms with Gasteiger partial charge in [0, 0.05) is 17.9 Å². The van der Waals surface area contributed by atoms with Crippen LogP contribution >= 0.6 is 23.4 Å². The molecule has 3 aromatic carbocycles. The van der Waals surface area contributed by atoms with Crippen LogP contribution < -0.4 is 15.4 Å². The van der Waals surface area contributed by atoms with Gasteiger partial charge in [0.2, 0.25) is 0 Å². The Hall–Kier alpha value is -3.90. The molecule has 0 atom stereocenters. The molecule has 0 aliphatic carbocycles. The Bertz CT molecular complexity index is 1370. The summed E-state index contributed by atoms with van der Waals surface area (Å²) in [6, 6.07) is 16.5. The van der Waals surface area contributed by atoms with Crippen molar-refractivity contribution in [1.29, 1.82) is 0 Å². The summed E-state index contributed by atoms with van der Waals surface area (Å²) in [7, 11) is 0. The van der Waals surface area contributed by atoms with Crippen LogP contribution in [0.25, 0.3) is 0 Å². The molecule has 2 N–H and O–H groups in total. The molecule has 7 nitrogen and oxygen atoms in total. The molecule has 0 aromatic heterocycles. The number of alkyl halides is 3. The van der Waals surface area contributed by atoms with Crippen molar-refractivity contribution in [3.63, 3.8) is 0 Å². The van der Waals surface area contributed by atoms with Crippen LogP contribution in [0.1, 0.15) is 11.1 Å². The number of ether oxygens (including phenoxy) is 1. The van der Waals surface area contributed by atoms with E-state index in [1.807, 2.05) is 0 Å². The molecule has 1 aliphatic heterocycles. The number of para-hydroxylation sites is 1. The summed E-state index contributed by atoms with van der Waals surface area (Å²) in [5, 5.41) is 9.20. The van der Waals surface area contributed by atoms with Crippen LogP contribution in [-0.2, 0) is 0 Å². The van der Waals surface area contributed by atoms with Crippen molar-refractivity contribution in [3.8, 4) is 5.75 Å². The van der Waals surface area contributed by atoms with Gasteiger partial charge in [-0.3, -0.25) is 0 Å². The van der Waals surface area contributed by atoms with Crippen LogP contribution in [0, 0.1) is 5.82 Å². The molecule has 0 amide bonds. The zero-order chi connectivity index (χ0) is 27.1. The minimum atomic E-state index is -4.76. The number of hydrogen-bond donors (Lipinski definition) is 1. The summed E-state index contributed by atoms with van der Waals surface area (Å²) in [5.41, 5.74) is 8.02. The highest BCUT2D eigenvalue weighted by atomic mass is 35.5. The monoisotopic (exact) mass is 562 g/mol. The number of benzene rings is 3. The largest absolute Gasteiger partial charge is 0.573 e. The van der Waals surface area contributed by atoms with Gasteiger partial charge in [-0.25, -0.2) is 14.4 Å². The first-order valence-corrected chi connectivity index (χ1v) is 12.3. The molecular formula is C25H19ClF4N6OS. The highest BCUT2D eigenvalue weighted by molar-refractivity contribution is 8.14. The van der Waals surface area contributed by atoms with Crippen LogP contribution in [0.4, 0.5) is 28.9 Å². The molecule has 13 heteroatoms. The van der Waals surface area contributed by atoms with E-state index in [2.05, 4.69) is 24.9 Å². The van der Waals surface area contributed by atoms with Crippen LogP contribution in [0.15, 0.2) is 86.9 Å². The minimum absolute atomic E-state index is 0.189. The molecule has 4 rings (SSSR count). The third-order valence-corrected chi connectivity index (χ3v) is 6.27. The molecular weight excluding hydrogens is 544 g/mol. The SMILES string of the molecule is NC(=NC=Nc1ccc(OC(F)(F)F)cc1)c1ccc(/C=N/N=C2\SCCN2c2c(F)cccc2Cl)cc1. The van der Waals surface area contributed by atoms with E-state index < -0.39 is 12.2 Å². The molecule has 1 aliphatic rings. The van der Waals surface area contributed by atoms with Gasteiger partial charge >= 0.3 is 6.36 Å². The molecule has 1 fully saturated rings. The molecule has 1 heterocycles. The normalized spacial score (nSPS) is 15.8. The van der Waals surface area contributed by atoms with Gasteiger partial charge in [-0.05, 0) is 42.0 Å². The Kier molecular flexibility index (Phi) is 8.64. The zero-order valence-corrected chi connectivity index (χ0v) is 21.0. The predicted octanol–water partition coefficient (Wildman–Crippen LogP) is 6.39. The Morgan fingerprint density at radius 3 is 2.47 bits per heavy atom. The second-order valence-electron chi connectivity index (χ2n) is 7.62. The topological polar surface area (TPSA) is 87.9 Å². The minimum Gasteiger partial charge on any atom is -0.406 e. The fraction of sp³-hybridized carbons (Fsp3) is 0.120. The molecule has 0 unspecified atom stereocenters. The number of halogens is 5. The van der Waals surface area contributed by atoms with E-state index >= 15 is 0 Å². The van der Waals surface area contributed by atoms with E-state index in [1.165, 1.54) is 36.3 Å². The molecule has 196 valence electrons. The zero-order valence-electron chi connectivity index (χ0n) is 19.4. The number of anilines is 1. The second-order valence-corrected chi connectivity index (χ2v) is 9.09. The van der Waals surface area contributed by atoms with Crippen LogP contribution in [-0.4, -0.2) is 42.2 Å². The van der Waals surface area contributed by atoms with Crippen LogP contribution in [0.3, 0.4) is 0 Å². The fourth-order valence-corrected chi connectivity index (χ4v) is 4.45. The first-order valence-electron chi connectivity index (χ1n) is 11.0. The summed E-state index contributed by atoms with van der Waals surface area (Å²) < 4.78 is 54.8. The van der Waals surface area contributed by atoms with E-state index in [9.17, 15) is 17.6 Å². The van der Waals surface area contributed by atoms with Gasteiger partial charge in [-0.15, -0.1) is 18.3 Å². The van der Waals surface area contributed by atoms with E-state index in [0.717, 1.165) is 23.4 Å². The average Bonchev–Trinajstić information content (AvgIpc) is 3.32. The van der Waals surface area contributed by atoms with Gasteiger partial charge in [0.15, 0.2) is 5.17 Å². The van der Waals surface area contributed by atoms with E-state index in [-0.39, 0.29) is 17.3 Å². The smallest absolute Gasteiger partial charge is 0.406 e. The van der Waals surface area contributed by atoms with E-state index in [1.54, 1.807) is 47.5 Å². The van der Waals surface area contributed by atoms with E-state index in [4.69, 9.17) is 17.3 Å². The maximum absolute atomic E-state index is 14.3. The fourth-order valence-electron chi connectivity index (χ4n) is 3.29. The van der Waals surface area contributed by atoms with Gasteiger partial charge < -0.3 is 15.4 Å². The van der Waals surface area contributed by atoms with E-state index in [0.29, 0.717) is 28.0 Å². The number of hydrogen-bond acceptors (Lipinski definition) is 5. The van der Waals surface area contributed by atoms with Crippen molar-refractivity contribution in [2.45, 2.75) is 6.36 Å². The van der Waals surface area contributed by atoms with Crippen LogP contribution in [0.2, 0.25) is 5.02 Å². The van der Waals surface area contributed by atoms with Gasteiger partial charge in [0.25, 0.3) is 0 Å². The van der Waals surface area contributed by atoms with Crippen molar-refractivity contribution < 1.29 is 22.3 Å². The maximum atomic E-state index is 14.3. The average molecular weight is 563 g/mol. The summed E-state index contributed by atoms with van der Waals surface area (Å²) >= 11 is 7.64. The van der Waals surface area contributed by atoms with Crippen molar-refractivity contribution in [3.05, 3.63) is 88.7 Å². The lowest BCUT2D eigenvalue weighted by Crippen LogP contribution is -2.24. The molecule has 0 spiro atoms. The number of thioether (sulfide) groups is 1. The lowest BCUT2D eigenvalue weighted by Gasteiger charge is -2.19. The van der Waals surface area contributed by atoms with Crippen molar-refractivity contribution >= 4 is 58.3 Å². The quantitative estimate of drug-likeness (QED) is 0.156. The maximum Gasteiger partial charge on any atom is 0.573 e. The number of nitrogens with zero attached hydrogens (tertiary/aromatic N) is 5. The van der Waals surface area contributed by atoms with Crippen LogP contribution in [0.5, 0.6) is 5.75 Å². The molecule has 3 aromatic rings. The van der Waals surface area contributed by atoms with Crippen molar-refractivity contribution in [2.24, 2.45) is 25.9 Å². The lowest BCUT2D eigenvalue weighted by atomic mass is 10.1. The molecule has 0 bridgehead atoms. The summed E-state index contributed by atoms with van der Waals surface area (Å²) in [6.07, 6.45) is -2.00. The second kappa shape index (κ2) is 12.1. The highest BCUT2D eigenvalue weighted by Crippen LogP contribution is 2.34. The number of amidine groups is 2. The first-order chi connectivity index (χ1) is 18.2. The summed E-state index contributed by atoms with van der Waals surface area (Å²) in [5.74, 6) is 0.149. The molecule has 38 heavy (non-hydrogen) atoms. The summed E-state index contributed by atoms with van der Waals surface area (Å²) in [4.78, 5) is 9.79. The van der Waals surface area contributed by atoms with Crippen molar-refractivity contribution in [2.75, 3.05) is 17.2 Å². The lowest BCUT2D eigenvalue weighted by molar-refractivity contribution is -0.274. The van der Waals surface area contributed by atoms with Gasteiger partial charge in [-0.2, -0.15) is 5.10 Å². The van der Waals surface area contributed by atoms with Gasteiger partial charge in [-0.1, -0.05) is 53.7 Å². The van der Waals surface area contributed by atoms with Gasteiger partial charge in [0.1, 0.15) is 23.7 Å². The first kappa shape index (κ1) is 27.1. The van der Waals surface area contributed by atoms with Gasteiger partial charge in [0.05, 0.1) is 22.6 Å². The summed E-state index contributed by atoms with van der Waals surface area (Å²) in [6.45, 7) is 0.564. The predicted molar refractivity (Wildman–Crippen MR) is 145 cm³/mol.